The predicted octanol–water partition coefficient (Wildman–Crippen LogP) is 2.80. The van der Waals surface area contributed by atoms with Crippen LogP contribution in [0, 0.1) is 0 Å². The minimum atomic E-state index is 0.122. The monoisotopic (exact) mass is 296 g/mol. The Morgan fingerprint density at radius 1 is 1.15 bits per heavy atom. The second-order valence-corrected chi connectivity index (χ2v) is 6.91. The van der Waals surface area contributed by atoms with Gasteiger partial charge in [-0.25, -0.2) is 9.97 Å². The van der Waals surface area contributed by atoms with Crippen molar-refractivity contribution in [1.29, 1.82) is 0 Å². The molecule has 0 saturated heterocycles. The molecule has 0 aliphatic rings. The largest absolute Gasteiger partial charge is 0.308 e. The van der Waals surface area contributed by atoms with Gasteiger partial charge in [-0.2, -0.15) is 0 Å². The Hall–Kier alpha value is -0.650. The number of aromatic nitrogens is 2. The Balaban J connectivity index is 2.35. The van der Waals surface area contributed by atoms with Gasteiger partial charge in [-0.05, 0) is 33.9 Å². The Labute approximate surface area is 127 Å². The third-order valence-corrected chi connectivity index (χ3v) is 3.89. The molecule has 0 amide bonds. The molecule has 1 aromatic heterocycles. The van der Waals surface area contributed by atoms with Crippen LogP contribution in [-0.4, -0.2) is 45.8 Å². The van der Waals surface area contributed by atoms with Crippen LogP contribution in [0.1, 0.15) is 40.2 Å². The topological polar surface area (TPSA) is 41.1 Å². The molecule has 0 radical (unpaired) electrons. The molecule has 1 heterocycles. The first-order valence-electron chi connectivity index (χ1n) is 7.35. The second-order valence-electron chi connectivity index (χ2n) is 5.85. The zero-order chi connectivity index (χ0) is 15.0. The zero-order valence-electron chi connectivity index (χ0n) is 13.4. The highest BCUT2D eigenvalue weighted by Gasteiger charge is 2.08. The Kier molecular flexibility index (Phi) is 7.48. The quantitative estimate of drug-likeness (QED) is 0.590. The van der Waals surface area contributed by atoms with Crippen molar-refractivity contribution in [2.45, 2.75) is 51.9 Å². The highest BCUT2D eigenvalue weighted by Crippen LogP contribution is 2.12. The molecular weight excluding hydrogens is 268 g/mol. The average Bonchev–Trinajstić information content (AvgIpc) is 2.42. The summed E-state index contributed by atoms with van der Waals surface area (Å²) >= 11 is 1.73. The number of hydrogen-bond donors (Lipinski definition) is 1. The highest BCUT2D eigenvalue weighted by atomic mass is 32.2. The van der Waals surface area contributed by atoms with Crippen molar-refractivity contribution in [3.63, 3.8) is 0 Å². The number of rotatable bonds is 8. The molecule has 0 aromatic carbocycles. The van der Waals surface area contributed by atoms with E-state index in [0.29, 0.717) is 0 Å². The third-order valence-electron chi connectivity index (χ3n) is 3.04. The van der Waals surface area contributed by atoms with Crippen molar-refractivity contribution in [2.24, 2.45) is 0 Å². The van der Waals surface area contributed by atoms with Crippen molar-refractivity contribution in [1.82, 2.24) is 20.2 Å². The maximum atomic E-state index is 4.42. The van der Waals surface area contributed by atoms with E-state index in [0.717, 1.165) is 42.7 Å². The first-order chi connectivity index (χ1) is 9.44. The van der Waals surface area contributed by atoms with Crippen molar-refractivity contribution in [3.05, 3.63) is 18.0 Å². The van der Waals surface area contributed by atoms with E-state index in [-0.39, 0.29) is 5.54 Å². The minimum Gasteiger partial charge on any atom is -0.308 e. The molecule has 0 aliphatic heterocycles. The molecule has 4 nitrogen and oxygen atoms in total. The van der Waals surface area contributed by atoms with Crippen LogP contribution >= 0.6 is 11.8 Å². The van der Waals surface area contributed by atoms with Crippen molar-refractivity contribution in [2.75, 3.05) is 25.4 Å². The summed E-state index contributed by atoms with van der Waals surface area (Å²) in [5, 5.41) is 4.31. The minimum absolute atomic E-state index is 0.122. The standard InChI is InChI=1S/C15H28N4S/c1-6-19(7-2)8-9-20-14-16-10-13(11-17-14)12-18-15(3,4)5/h10-11,18H,6-9,12H2,1-5H3. The predicted molar refractivity (Wildman–Crippen MR) is 87.1 cm³/mol. The molecule has 0 atom stereocenters. The van der Waals surface area contributed by atoms with Crippen molar-refractivity contribution < 1.29 is 0 Å². The number of nitrogens with one attached hydrogen (secondary N) is 1. The van der Waals surface area contributed by atoms with E-state index >= 15 is 0 Å². The van der Waals surface area contributed by atoms with E-state index in [1.807, 2.05) is 12.4 Å². The van der Waals surface area contributed by atoms with Gasteiger partial charge in [0.2, 0.25) is 0 Å². The molecule has 5 heteroatoms. The molecule has 0 aliphatic carbocycles. The molecule has 0 spiro atoms. The van der Waals surface area contributed by atoms with Crippen LogP contribution in [0.4, 0.5) is 0 Å². The Bertz CT molecular complexity index is 368. The summed E-state index contributed by atoms with van der Waals surface area (Å²) in [6.45, 7) is 15.0. The fourth-order valence-corrected chi connectivity index (χ4v) is 2.47. The van der Waals surface area contributed by atoms with Crippen LogP contribution in [0.15, 0.2) is 17.6 Å². The number of nitrogens with zero attached hydrogens (tertiary/aromatic N) is 3. The smallest absolute Gasteiger partial charge is 0.187 e. The van der Waals surface area contributed by atoms with Gasteiger partial charge in [-0.3, -0.25) is 0 Å². The van der Waals surface area contributed by atoms with Crippen LogP contribution in [0.25, 0.3) is 0 Å². The maximum absolute atomic E-state index is 4.42. The summed E-state index contributed by atoms with van der Waals surface area (Å²) in [6, 6.07) is 0. The molecule has 0 unspecified atom stereocenters. The van der Waals surface area contributed by atoms with Gasteiger partial charge in [0.1, 0.15) is 0 Å². The fourth-order valence-electron chi connectivity index (χ4n) is 1.68. The molecule has 0 fully saturated rings. The van der Waals surface area contributed by atoms with E-state index in [9.17, 15) is 0 Å². The fraction of sp³-hybridized carbons (Fsp3) is 0.733. The first kappa shape index (κ1) is 17.4. The van der Waals surface area contributed by atoms with E-state index in [2.05, 4.69) is 54.8 Å². The molecule has 114 valence electrons. The van der Waals surface area contributed by atoms with Gasteiger partial charge >= 0.3 is 0 Å². The van der Waals surface area contributed by atoms with E-state index in [4.69, 9.17) is 0 Å². The summed E-state index contributed by atoms with van der Waals surface area (Å²) in [4.78, 5) is 11.3. The highest BCUT2D eigenvalue weighted by molar-refractivity contribution is 7.99. The van der Waals surface area contributed by atoms with Crippen LogP contribution < -0.4 is 5.32 Å². The van der Waals surface area contributed by atoms with Crippen molar-refractivity contribution >= 4 is 11.8 Å². The summed E-state index contributed by atoms with van der Waals surface area (Å²) in [5.74, 6) is 1.04. The van der Waals surface area contributed by atoms with Crippen LogP contribution in [0.5, 0.6) is 0 Å². The van der Waals surface area contributed by atoms with Gasteiger partial charge in [0.05, 0.1) is 0 Å². The molecule has 1 aromatic rings. The molecule has 0 bridgehead atoms. The maximum Gasteiger partial charge on any atom is 0.187 e. The zero-order valence-corrected chi connectivity index (χ0v) is 14.3. The van der Waals surface area contributed by atoms with Crippen LogP contribution in [0.3, 0.4) is 0 Å². The lowest BCUT2D eigenvalue weighted by Gasteiger charge is -2.20. The Morgan fingerprint density at radius 3 is 2.25 bits per heavy atom. The second kappa shape index (κ2) is 8.60. The SMILES string of the molecule is CCN(CC)CCSc1ncc(CNC(C)(C)C)cn1. The van der Waals surface area contributed by atoms with Crippen molar-refractivity contribution in [3.8, 4) is 0 Å². The van der Waals surface area contributed by atoms with E-state index in [1.54, 1.807) is 11.8 Å². The summed E-state index contributed by atoms with van der Waals surface area (Å²) in [6.07, 6.45) is 3.84. The molecule has 1 rings (SSSR count). The summed E-state index contributed by atoms with van der Waals surface area (Å²) < 4.78 is 0. The van der Waals surface area contributed by atoms with Gasteiger partial charge in [0, 0.05) is 42.3 Å². The molecular formula is C15H28N4S. The summed E-state index contributed by atoms with van der Waals surface area (Å²) in [5.41, 5.74) is 1.25. The molecule has 1 N–H and O–H groups in total. The summed E-state index contributed by atoms with van der Waals surface area (Å²) in [7, 11) is 0. The van der Waals surface area contributed by atoms with Crippen LogP contribution in [0.2, 0.25) is 0 Å². The van der Waals surface area contributed by atoms with Gasteiger partial charge < -0.3 is 10.2 Å². The van der Waals surface area contributed by atoms with Gasteiger partial charge in [0.15, 0.2) is 5.16 Å². The normalized spacial score (nSPS) is 12.1. The lowest BCUT2D eigenvalue weighted by Crippen LogP contribution is -2.35. The Morgan fingerprint density at radius 2 is 1.75 bits per heavy atom. The van der Waals surface area contributed by atoms with Gasteiger partial charge in [-0.1, -0.05) is 25.6 Å². The molecule has 0 saturated carbocycles. The lowest BCUT2D eigenvalue weighted by molar-refractivity contribution is 0.324. The number of hydrogen-bond acceptors (Lipinski definition) is 5. The first-order valence-corrected chi connectivity index (χ1v) is 8.34. The number of thioether (sulfide) groups is 1. The molecule has 20 heavy (non-hydrogen) atoms. The van der Waals surface area contributed by atoms with E-state index in [1.165, 1.54) is 0 Å². The lowest BCUT2D eigenvalue weighted by atomic mass is 10.1. The van der Waals surface area contributed by atoms with Crippen LogP contribution in [-0.2, 0) is 6.54 Å². The average molecular weight is 296 g/mol. The third kappa shape index (κ3) is 7.22. The van der Waals surface area contributed by atoms with Gasteiger partial charge in [-0.15, -0.1) is 0 Å². The van der Waals surface area contributed by atoms with Gasteiger partial charge in [0.25, 0.3) is 0 Å². The van der Waals surface area contributed by atoms with E-state index < -0.39 is 0 Å².